The molecular formula is C17H19Cl2NO2. The lowest BCUT2D eigenvalue weighted by atomic mass is 10.1. The average molecular weight is 340 g/mol. The molecule has 0 amide bonds. The van der Waals surface area contributed by atoms with Crippen molar-refractivity contribution in [3.63, 3.8) is 0 Å². The number of aliphatic hydroxyl groups is 1. The van der Waals surface area contributed by atoms with E-state index in [4.69, 9.17) is 27.9 Å². The molecule has 22 heavy (non-hydrogen) atoms. The normalized spacial score (nSPS) is 12.2. The van der Waals surface area contributed by atoms with E-state index in [9.17, 15) is 5.11 Å². The van der Waals surface area contributed by atoms with Crippen molar-refractivity contribution in [3.05, 3.63) is 63.6 Å². The Kier molecular flexibility index (Phi) is 6.52. The average Bonchev–Trinajstić information content (AvgIpc) is 2.51. The van der Waals surface area contributed by atoms with Gasteiger partial charge in [-0.15, -0.1) is 0 Å². The van der Waals surface area contributed by atoms with E-state index in [1.165, 1.54) is 0 Å². The molecule has 0 unspecified atom stereocenters. The Bertz CT molecular complexity index is 582. The van der Waals surface area contributed by atoms with Gasteiger partial charge in [-0.1, -0.05) is 53.5 Å². The van der Waals surface area contributed by atoms with Crippen LogP contribution in [0.25, 0.3) is 0 Å². The molecule has 0 saturated heterocycles. The van der Waals surface area contributed by atoms with Gasteiger partial charge in [0, 0.05) is 13.1 Å². The van der Waals surface area contributed by atoms with Crippen LogP contribution in [0.4, 0.5) is 0 Å². The molecule has 0 aliphatic heterocycles. The fraction of sp³-hybridized carbons (Fsp3) is 0.294. The largest absolute Gasteiger partial charge is 0.491 e. The molecule has 0 saturated carbocycles. The van der Waals surface area contributed by atoms with Crippen LogP contribution >= 0.6 is 23.2 Å². The summed E-state index contributed by atoms with van der Waals surface area (Å²) in [5.41, 5.74) is 1.83. The summed E-state index contributed by atoms with van der Waals surface area (Å²) in [5, 5.41) is 14.3. The zero-order valence-electron chi connectivity index (χ0n) is 12.4. The van der Waals surface area contributed by atoms with Gasteiger partial charge in [0.1, 0.15) is 0 Å². The second-order valence-electron chi connectivity index (χ2n) is 4.88. The van der Waals surface area contributed by atoms with Crippen molar-refractivity contribution in [2.45, 2.75) is 19.6 Å². The van der Waals surface area contributed by atoms with Crippen molar-refractivity contribution in [1.29, 1.82) is 0 Å². The van der Waals surface area contributed by atoms with E-state index in [1.807, 2.05) is 49.4 Å². The first kappa shape index (κ1) is 17.1. The van der Waals surface area contributed by atoms with E-state index in [0.717, 1.165) is 11.1 Å². The lowest BCUT2D eigenvalue weighted by Crippen LogP contribution is -2.21. The first-order valence-corrected chi connectivity index (χ1v) is 7.91. The first-order chi connectivity index (χ1) is 10.6. The monoisotopic (exact) mass is 339 g/mol. The van der Waals surface area contributed by atoms with E-state index in [1.54, 1.807) is 0 Å². The van der Waals surface area contributed by atoms with Crippen molar-refractivity contribution in [2.75, 3.05) is 13.2 Å². The maximum atomic E-state index is 10.1. The summed E-state index contributed by atoms with van der Waals surface area (Å²) < 4.78 is 5.40. The standard InChI is InChI=1S/C17H19Cl2NO2/c1-2-22-17-14(18)8-12(9-15(17)19)10-20-11-16(21)13-6-4-3-5-7-13/h3-9,16,20-21H,2,10-11H2,1H3/t16-/m1/s1. The number of aliphatic hydroxyl groups excluding tert-OH is 1. The van der Waals surface area contributed by atoms with Crippen LogP contribution < -0.4 is 10.1 Å². The van der Waals surface area contributed by atoms with Crippen molar-refractivity contribution >= 4 is 23.2 Å². The summed E-state index contributed by atoms with van der Waals surface area (Å²) >= 11 is 12.3. The Labute approximate surface area is 140 Å². The molecule has 118 valence electrons. The predicted octanol–water partition coefficient (Wildman–Crippen LogP) is 4.22. The fourth-order valence-corrected chi connectivity index (χ4v) is 2.78. The molecule has 0 aliphatic carbocycles. The van der Waals surface area contributed by atoms with Crippen LogP contribution in [0, 0.1) is 0 Å². The molecule has 0 heterocycles. The van der Waals surface area contributed by atoms with E-state index in [2.05, 4.69) is 5.32 Å². The minimum Gasteiger partial charge on any atom is -0.491 e. The maximum Gasteiger partial charge on any atom is 0.156 e. The summed E-state index contributed by atoms with van der Waals surface area (Å²) in [6.45, 7) is 3.41. The molecule has 0 aromatic heterocycles. The molecule has 0 spiro atoms. The molecule has 2 rings (SSSR count). The van der Waals surface area contributed by atoms with Crippen molar-refractivity contribution in [1.82, 2.24) is 5.32 Å². The van der Waals surface area contributed by atoms with Crippen LogP contribution in [0.1, 0.15) is 24.2 Å². The van der Waals surface area contributed by atoms with Crippen LogP contribution in [0.5, 0.6) is 5.75 Å². The zero-order chi connectivity index (χ0) is 15.9. The predicted molar refractivity (Wildman–Crippen MR) is 90.7 cm³/mol. The molecule has 2 aromatic carbocycles. The van der Waals surface area contributed by atoms with Crippen LogP contribution in [-0.2, 0) is 6.54 Å². The number of halogens is 2. The lowest BCUT2D eigenvalue weighted by molar-refractivity contribution is 0.174. The minimum atomic E-state index is -0.546. The summed E-state index contributed by atoms with van der Waals surface area (Å²) in [7, 11) is 0. The molecule has 0 fully saturated rings. The van der Waals surface area contributed by atoms with Gasteiger partial charge in [0.2, 0.25) is 0 Å². The number of nitrogens with one attached hydrogen (secondary N) is 1. The van der Waals surface area contributed by atoms with Crippen LogP contribution in [0.15, 0.2) is 42.5 Å². The number of benzene rings is 2. The highest BCUT2D eigenvalue weighted by Gasteiger charge is 2.10. The fourth-order valence-electron chi connectivity index (χ4n) is 2.14. The van der Waals surface area contributed by atoms with Crippen LogP contribution in [0.2, 0.25) is 10.0 Å². The number of hydrogen-bond donors (Lipinski definition) is 2. The van der Waals surface area contributed by atoms with E-state index in [0.29, 0.717) is 35.5 Å². The molecule has 5 heteroatoms. The molecular weight excluding hydrogens is 321 g/mol. The highest BCUT2D eigenvalue weighted by atomic mass is 35.5. The molecule has 2 N–H and O–H groups in total. The summed E-state index contributed by atoms with van der Waals surface area (Å²) in [5.74, 6) is 0.513. The van der Waals surface area contributed by atoms with Gasteiger partial charge in [-0.3, -0.25) is 0 Å². The molecule has 0 bridgehead atoms. The molecule has 0 aliphatic rings. The van der Waals surface area contributed by atoms with Gasteiger partial charge >= 0.3 is 0 Å². The molecule has 0 radical (unpaired) electrons. The summed E-state index contributed by atoms with van der Waals surface area (Å²) in [6.07, 6.45) is -0.546. The Morgan fingerprint density at radius 2 is 1.77 bits per heavy atom. The Balaban J connectivity index is 1.92. The lowest BCUT2D eigenvalue weighted by Gasteiger charge is -2.14. The van der Waals surface area contributed by atoms with Crippen LogP contribution in [-0.4, -0.2) is 18.3 Å². The van der Waals surface area contributed by atoms with Crippen molar-refractivity contribution in [3.8, 4) is 5.75 Å². The smallest absolute Gasteiger partial charge is 0.156 e. The van der Waals surface area contributed by atoms with E-state index < -0.39 is 6.10 Å². The van der Waals surface area contributed by atoms with Gasteiger partial charge in [0.15, 0.2) is 5.75 Å². The second-order valence-corrected chi connectivity index (χ2v) is 5.69. The zero-order valence-corrected chi connectivity index (χ0v) is 13.9. The van der Waals surface area contributed by atoms with Gasteiger partial charge in [0.05, 0.1) is 22.8 Å². The number of ether oxygens (including phenoxy) is 1. The quantitative estimate of drug-likeness (QED) is 0.793. The van der Waals surface area contributed by atoms with Crippen molar-refractivity contribution in [2.24, 2.45) is 0 Å². The summed E-state index contributed by atoms with van der Waals surface area (Å²) in [6, 6.07) is 13.2. The third-order valence-corrected chi connectivity index (χ3v) is 3.76. The SMILES string of the molecule is CCOc1c(Cl)cc(CNC[C@@H](O)c2ccccc2)cc1Cl. The van der Waals surface area contributed by atoms with Gasteiger partial charge in [-0.25, -0.2) is 0 Å². The van der Waals surface area contributed by atoms with Gasteiger partial charge in [-0.05, 0) is 30.2 Å². The topological polar surface area (TPSA) is 41.5 Å². The highest BCUT2D eigenvalue weighted by Crippen LogP contribution is 2.34. The third kappa shape index (κ3) is 4.62. The second kappa shape index (κ2) is 8.39. The van der Waals surface area contributed by atoms with Gasteiger partial charge in [-0.2, -0.15) is 0 Å². The summed E-state index contributed by atoms with van der Waals surface area (Å²) in [4.78, 5) is 0. The Morgan fingerprint density at radius 1 is 1.14 bits per heavy atom. The number of hydrogen-bond acceptors (Lipinski definition) is 3. The minimum absolute atomic E-state index is 0.451. The van der Waals surface area contributed by atoms with Gasteiger partial charge in [0.25, 0.3) is 0 Å². The Hall–Kier alpha value is -1.26. The van der Waals surface area contributed by atoms with E-state index in [-0.39, 0.29) is 0 Å². The Morgan fingerprint density at radius 3 is 2.36 bits per heavy atom. The highest BCUT2D eigenvalue weighted by molar-refractivity contribution is 6.37. The van der Waals surface area contributed by atoms with Crippen molar-refractivity contribution < 1.29 is 9.84 Å². The first-order valence-electron chi connectivity index (χ1n) is 7.16. The van der Waals surface area contributed by atoms with Gasteiger partial charge < -0.3 is 15.2 Å². The molecule has 2 aromatic rings. The molecule has 3 nitrogen and oxygen atoms in total. The third-order valence-electron chi connectivity index (χ3n) is 3.20. The van der Waals surface area contributed by atoms with Crippen LogP contribution in [0.3, 0.4) is 0 Å². The van der Waals surface area contributed by atoms with E-state index >= 15 is 0 Å². The number of rotatable bonds is 7. The maximum absolute atomic E-state index is 10.1. The molecule has 1 atom stereocenters.